The molecule has 0 heterocycles. The highest BCUT2D eigenvalue weighted by Gasteiger charge is 2.01. The second kappa shape index (κ2) is 6.03. The molecule has 0 amide bonds. The molecule has 0 aliphatic rings. The number of rotatable bonds is 4. The summed E-state index contributed by atoms with van der Waals surface area (Å²) < 4.78 is 5.72. The molecule has 0 aromatic heterocycles. The van der Waals surface area contributed by atoms with Crippen LogP contribution in [0.2, 0.25) is 0 Å². The van der Waals surface area contributed by atoms with Gasteiger partial charge in [-0.25, -0.2) is 0 Å². The summed E-state index contributed by atoms with van der Waals surface area (Å²) in [7, 11) is 0. The first kappa shape index (κ1) is 13.1. The number of nitrogens with two attached hydrogens (primary N) is 1. The van der Waals surface area contributed by atoms with E-state index in [4.69, 9.17) is 15.7 Å². The zero-order chi connectivity index (χ0) is 13.7. The minimum atomic E-state index is -0.00142. The van der Waals surface area contributed by atoms with Crippen LogP contribution in [0, 0.1) is 11.3 Å². The van der Waals surface area contributed by atoms with Crippen LogP contribution in [0.15, 0.2) is 48.5 Å². The topological polar surface area (TPSA) is 59.0 Å². The van der Waals surface area contributed by atoms with Crippen LogP contribution in [-0.4, -0.2) is 0 Å². The Morgan fingerprint density at radius 2 is 1.95 bits per heavy atom. The molecule has 0 saturated heterocycles. The van der Waals surface area contributed by atoms with E-state index in [2.05, 4.69) is 6.07 Å². The second-order valence-corrected chi connectivity index (χ2v) is 4.46. The van der Waals surface area contributed by atoms with Crippen molar-refractivity contribution in [3.8, 4) is 11.8 Å². The quantitative estimate of drug-likeness (QED) is 0.909. The van der Waals surface area contributed by atoms with Crippen molar-refractivity contribution in [3.05, 3.63) is 65.2 Å². The SMILES string of the molecule is C[C@H](N)c1cccc(OCc2ccc(C#N)cc2)c1. The van der Waals surface area contributed by atoms with Gasteiger partial charge in [-0.15, -0.1) is 0 Å². The molecule has 3 heteroatoms. The number of hydrogen-bond donors (Lipinski definition) is 1. The van der Waals surface area contributed by atoms with E-state index in [-0.39, 0.29) is 6.04 Å². The van der Waals surface area contributed by atoms with Crippen LogP contribution in [-0.2, 0) is 6.61 Å². The molecular weight excluding hydrogens is 236 g/mol. The molecule has 2 N–H and O–H groups in total. The van der Waals surface area contributed by atoms with Gasteiger partial charge in [-0.2, -0.15) is 5.26 Å². The first-order valence-corrected chi connectivity index (χ1v) is 6.16. The molecule has 96 valence electrons. The summed E-state index contributed by atoms with van der Waals surface area (Å²) >= 11 is 0. The van der Waals surface area contributed by atoms with Crippen LogP contribution in [0.3, 0.4) is 0 Å². The lowest BCUT2D eigenvalue weighted by Gasteiger charge is -2.10. The van der Waals surface area contributed by atoms with Gasteiger partial charge in [0, 0.05) is 6.04 Å². The third kappa shape index (κ3) is 3.57. The third-order valence-electron chi connectivity index (χ3n) is 2.87. The second-order valence-electron chi connectivity index (χ2n) is 4.46. The molecule has 0 spiro atoms. The number of nitriles is 1. The van der Waals surface area contributed by atoms with Crippen molar-refractivity contribution >= 4 is 0 Å². The maximum absolute atomic E-state index is 8.73. The van der Waals surface area contributed by atoms with Gasteiger partial charge in [0.2, 0.25) is 0 Å². The Balaban J connectivity index is 2.02. The van der Waals surface area contributed by atoms with E-state index in [1.807, 2.05) is 43.3 Å². The zero-order valence-electron chi connectivity index (χ0n) is 10.8. The third-order valence-corrected chi connectivity index (χ3v) is 2.87. The van der Waals surface area contributed by atoms with Gasteiger partial charge < -0.3 is 10.5 Å². The molecule has 19 heavy (non-hydrogen) atoms. The van der Waals surface area contributed by atoms with Crippen molar-refractivity contribution in [2.24, 2.45) is 5.73 Å². The van der Waals surface area contributed by atoms with Gasteiger partial charge in [0.25, 0.3) is 0 Å². The van der Waals surface area contributed by atoms with Gasteiger partial charge >= 0.3 is 0 Å². The van der Waals surface area contributed by atoms with Crippen molar-refractivity contribution < 1.29 is 4.74 Å². The highest BCUT2D eigenvalue weighted by atomic mass is 16.5. The van der Waals surface area contributed by atoms with E-state index < -0.39 is 0 Å². The predicted molar refractivity (Wildman–Crippen MR) is 74.5 cm³/mol. The summed E-state index contributed by atoms with van der Waals surface area (Å²) in [6, 6.07) is 17.3. The molecule has 0 fully saturated rings. The van der Waals surface area contributed by atoms with Crippen LogP contribution in [0.4, 0.5) is 0 Å². The van der Waals surface area contributed by atoms with Gasteiger partial charge in [0.1, 0.15) is 12.4 Å². The van der Waals surface area contributed by atoms with E-state index in [9.17, 15) is 0 Å². The summed E-state index contributed by atoms with van der Waals surface area (Å²) in [6.07, 6.45) is 0. The molecule has 1 atom stereocenters. The van der Waals surface area contributed by atoms with E-state index in [1.165, 1.54) is 0 Å². The molecular formula is C16H16N2O. The number of nitrogens with zero attached hydrogens (tertiary/aromatic N) is 1. The minimum absolute atomic E-state index is 0.00142. The average Bonchev–Trinajstić information content (AvgIpc) is 2.46. The Morgan fingerprint density at radius 1 is 1.21 bits per heavy atom. The smallest absolute Gasteiger partial charge is 0.120 e. The molecule has 0 unspecified atom stereocenters. The lowest BCUT2D eigenvalue weighted by atomic mass is 10.1. The molecule has 0 radical (unpaired) electrons. The summed E-state index contributed by atoms with van der Waals surface area (Å²) in [5.41, 5.74) is 8.58. The fourth-order valence-corrected chi connectivity index (χ4v) is 1.73. The van der Waals surface area contributed by atoms with Gasteiger partial charge in [0.05, 0.1) is 11.6 Å². The molecule has 0 aliphatic heterocycles. The number of hydrogen-bond acceptors (Lipinski definition) is 3. The molecule has 2 rings (SSSR count). The highest BCUT2D eigenvalue weighted by molar-refractivity contribution is 5.33. The maximum atomic E-state index is 8.73. The minimum Gasteiger partial charge on any atom is -0.489 e. The Bertz CT molecular complexity index is 582. The van der Waals surface area contributed by atoms with Crippen LogP contribution >= 0.6 is 0 Å². The van der Waals surface area contributed by atoms with Crippen LogP contribution in [0.5, 0.6) is 5.75 Å². The molecule has 2 aromatic rings. The van der Waals surface area contributed by atoms with Crippen molar-refractivity contribution in [1.82, 2.24) is 0 Å². The van der Waals surface area contributed by atoms with Gasteiger partial charge in [0.15, 0.2) is 0 Å². The lowest BCUT2D eigenvalue weighted by molar-refractivity contribution is 0.306. The number of ether oxygens (including phenoxy) is 1. The Morgan fingerprint density at radius 3 is 2.58 bits per heavy atom. The molecule has 3 nitrogen and oxygen atoms in total. The van der Waals surface area contributed by atoms with Gasteiger partial charge in [-0.3, -0.25) is 0 Å². The van der Waals surface area contributed by atoms with E-state index in [1.54, 1.807) is 12.1 Å². The first-order chi connectivity index (χ1) is 9.19. The highest BCUT2D eigenvalue weighted by Crippen LogP contribution is 2.18. The predicted octanol–water partition coefficient (Wildman–Crippen LogP) is 3.16. The lowest BCUT2D eigenvalue weighted by Crippen LogP contribution is -2.05. The maximum Gasteiger partial charge on any atom is 0.120 e. The Labute approximate surface area is 113 Å². The van der Waals surface area contributed by atoms with Gasteiger partial charge in [-0.05, 0) is 42.3 Å². The largest absolute Gasteiger partial charge is 0.489 e. The molecule has 0 aliphatic carbocycles. The summed E-state index contributed by atoms with van der Waals surface area (Å²) in [6.45, 7) is 2.42. The standard InChI is InChI=1S/C16H16N2O/c1-12(18)15-3-2-4-16(9-15)19-11-14-7-5-13(10-17)6-8-14/h2-9,12H,11,18H2,1H3/t12-/m0/s1. The average molecular weight is 252 g/mol. The van der Waals surface area contributed by atoms with Crippen LogP contribution in [0.1, 0.15) is 29.7 Å². The fraction of sp³-hybridized carbons (Fsp3) is 0.188. The van der Waals surface area contributed by atoms with Crippen molar-refractivity contribution in [3.63, 3.8) is 0 Å². The molecule has 0 saturated carbocycles. The first-order valence-electron chi connectivity index (χ1n) is 6.16. The van der Waals surface area contributed by atoms with Crippen LogP contribution in [0.25, 0.3) is 0 Å². The monoisotopic (exact) mass is 252 g/mol. The molecule has 0 bridgehead atoms. The Hall–Kier alpha value is -2.31. The summed E-state index contributed by atoms with van der Waals surface area (Å²) in [4.78, 5) is 0. The summed E-state index contributed by atoms with van der Waals surface area (Å²) in [5.74, 6) is 0.805. The van der Waals surface area contributed by atoms with Crippen LogP contribution < -0.4 is 10.5 Å². The number of benzene rings is 2. The normalized spacial score (nSPS) is 11.6. The molecule has 2 aromatic carbocycles. The van der Waals surface area contributed by atoms with Crippen molar-refractivity contribution in [1.29, 1.82) is 5.26 Å². The van der Waals surface area contributed by atoms with E-state index in [0.717, 1.165) is 16.9 Å². The van der Waals surface area contributed by atoms with Crippen molar-refractivity contribution in [2.45, 2.75) is 19.6 Å². The van der Waals surface area contributed by atoms with E-state index in [0.29, 0.717) is 12.2 Å². The van der Waals surface area contributed by atoms with Gasteiger partial charge in [-0.1, -0.05) is 24.3 Å². The van der Waals surface area contributed by atoms with E-state index >= 15 is 0 Å². The zero-order valence-corrected chi connectivity index (χ0v) is 10.8. The van der Waals surface area contributed by atoms with Crippen molar-refractivity contribution in [2.75, 3.05) is 0 Å². The Kier molecular flexibility index (Phi) is 4.17. The summed E-state index contributed by atoms with van der Waals surface area (Å²) in [5, 5.41) is 8.73. The fourth-order valence-electron chi connectivity index (χ4n) is 1.73.